The van der Waals surface area contributed by atoms with E-state index >= 15 is 0 Å². The van der Waals surface area contributed by atoms with E-state index in [9.17, 15) is 39.9 Å². The SMILES string of the molecule is C.[B]C([B])([B])N(C(=O)Oc1c(C#CSI)cc(C(F)(F)F)cc1C(F)(F)F)c1ccc(F)c(Cl)c1F. The van der Waals surface area contributed by atoms with Crippen LogP contribution in [0.1, 0.15) is 24.1 Å². The first kappa shape index (κ1) is 32.3. The van der Waals surface area contributed by atoms with Crippen LogP contribution in [-0.2, 0) is 12.4 Å². The summed E-state index contributed by atoms with van der Waals surface area (Å²) in [7, 11) is 17.0. The summed E-state index contributed by atoms with van der Waals surface area (Å²) in [5.41, 5.74) is -5.80. The Morgan fingerprint density at radius 3 is 2.11 bits per heavy atom. The van der Waals surface area contributed by atoms with Gasteiger partial charge in [-0.1, -0.05) is 30.2 Å². The average molecular weight is 661 g/mol. The number of halogens is 10. The number of rotatable bonds is 3. The average Bonchev–Trinajstić information content (AvgIpc) is 2.70. The lowest BCUT2D eigenvalue weighted by Gasteiger charge is -2.36. The van der Waals surface area contributed by atoms with Crippen LogP contribution in [0.5, 0.6) is 5.75 Å². The van der Waals surface area contributed by atoms with Gasteiger partial charge in [-0.3, -0.25) is 4.90 Å². The Bertz CT molecular complexity index is 1210. The van der Waals surface area contributed by atoms with Gasteiger partial charge < -0.3 is 4.74 Å². The summed E-state index contributed by atoms with van der Waals surface area (Å²) >= 11 is 7.03. The molecule has 0 aliphatic carbocycles. The molecule has 0 saturated carbocycles. The molecule has 6 radical (unpaired) electrons. The fourth-order valence-electron chi connectivity index (χ4n) is 2.57. The number of hydrogen-bond acceptors (Lipinski definition) is 3. The molecule has 0 aliphatic heterocycles. The molecular weight excluding hydrogens is 653 g/mol. The van der Waals surface area contributed by atoms with Gasteiger partial charge in [0.15, 0.2) is 11.6 Å². The smallest absolute Gasteiger partial charge is 0.408 e. The van der Waals surface area contributed by atoms with Gasteiger partial charge in [0.25, 0.3) is 0 Å². The second-order valence-electron chi connectivity index (χ2n) is 6.49. The Kier molecular flexibility index (Phi) is 10.6. The second kappa shape index (κ2) is 11.8. The third-order valence-corrected chi connectivity index (χ3v) is 5.15. The number of carbonyl (C=O) groups is 1. The normalized spacial score (nSPS) is 11.7. The van der Waals surface area contributed by atoms with Crippen molar-refractivity contribution in [3.63, 3.8) is 0 Å². The van der Waals surface area contributed by atoms with Gasteiger partial charge in [0.2, 0.25) is 0 Å². The minimum atomic E-state index is -5.48. The Morgan fingerprint density at radius 1 is 1.06 bits per heavy atom. The predicted molar refractivity (Wildman–Crippen MR) is 132 cm³/mol. The van der Waals surface area contributed by atoms with Gasteiger partial charge >= 0.3 is 18.4 Å². The van der Waals surface area contributed by atoms with Crippen LogP contribution in [0.4, 0.5) is 45.6 Å². The summed E-state index contributed by atoms with van der Waals surface area (Å²) in [5.74, 6) is -2.39. The first-order valence-corrected chi connectivity index (χ1v) is 12.3. The number of hydrogen-bond donors (Lipinski definition) is 0. The zero-order valence-corrected chi connectivity index (χ0v) is 20.2. The van der Waals surface area contributed by atoms with E-state index in [1.165, 1.54) is 0 Å². The molecule has 0 saturated heterocycles. The predicted octanol–water partition coefficient (Wildman–Crippen LogP) is 6.81. The van der Waals surface area contributed by atoms with Crippen LogP contribution in [0, 0.1) is 22.8 Å². The molecule has 2 rings (SSSR count). The number of nitrogens with zero attached hydrogens (tertiary/aromatic N) is 1. The van der Waals surface area contributed by atoms with Gasteiger partial charge in [0, 0.05) is 21.2 Å². The molecule has 0 atom stereocenters. The summed E-state index contributed by atoms with van der Waals surface area (Å²) in [6.07, 6.45) is -12.7. The highest BCUT2D eigenvalue weighted by atomic mass is 127. The lowest BCUT2D eigenvalue weighted by atomic mass is 9.48. The number of carbonyl (C=O) groups excluding carboxylic acids is 1. The number of benzene rings is 2. The summed E-state index contributed by atoms with van der Waals surface area (Å²) in [6.45, 7) is 0. The van der Waals surface area contributed by atoms with Crippen molar-refractivity contribution < 1.29 is 44.7 Å². The number of alkyl halides is 6. The van der Waals surface area contributed by atoms with Crippen molar-refractivity contribution in [1.82, 2.24) is 0 Å². The van der Waals surface area contributed by atoms with Gasteiger partial charge in [-0.25, -0.2) is 13.6 Å². The zero-order valence-electron chi connectivity index (χ0n) is 16.5. The third-order valence-electron chi connectivity index (χ3n) is 3.96. The van der Waals surface area contributed by atoms with Crippen molar-refractivity contribution in [1.29, 1.82) is 0 Å². The molecule has 36 heavy (non-hydrogen) atoms. The van der Waals surface area contributed by atoms with Crippen molar-refractivity contribution in [3.8, 4) is 16.9 Å². The van der Waals surface area contributed by atoms with E-state index in [2.05, 4.69) is 9.99 Å². The Balaban J connectivity index is 0.00000648. The van der Waals surface area contributed by atoms with Crippen LogP contribution in [0.3, 0.4) is 0 Å². The van der Waals surface area contributed by atoms with Gasteiger partial charge in [0.1, 0.15) is 16.4 Å². The lowest BCUT2D eigenvalue weighted by Crippen LogP contribution is -2.55. The topological polar surface area (TPSA) is 29.5 Å². The molecule has 0 fully saturated rings. The molecular formula is C19H8B3ClF8INO2S. The van der Waals surface area contributed by atoms with E-state index in [4.69, 9.17) is 35.1 Å². The van der Waals surface area contributed by atoms with E-state index in [0.717, 1.165) is 0 Å². The Labute approximate surface area is 225 Å². The van der Waals surface area contributed by atoms with Crippen molar-refractivity contribution in [3.05, 3.63) is 57.6 Å². The molecule has 1 amide bonds. The van der Waals surface area contributed by atoms with Crippen LogP contribution >= 0.6 is 41.7 Å². The Morgan fingerprint density at radius 2 is 1.64 bits per heavy atom. The molecule has 0 aromatic heterocycles. The number of ether oxygens (including phenoxy) is 1. The molecule has 0 unspecified atom stereocenters. The van der Waals surface area contributed by atoms with Crippen molar-refractivity contribution in [2.24, 2.45) is 0 Å². The maximum absolute atomic E-state index is 14.5. The minimum absolute atomic E-state index is 0. The maximum Gasteiger partial charge on any atom is 0.420 e. The molecule has 0 bridgehead atoms. The second-order valence-corrected chi connectivity index (χ2v) is 8.54. The van der Waals surface area contributed by atoms with Crippen molar-refractivity contribution in [2.75, 3.05) is 4.90 Å². The van der Waals surface area contributed by atoms with E-state index in [1.54, 1.807) is 21.2 Å². The highest BCUT2D eigenvalue weighted by Crippen LogP contribution is 2.43. The first-order chi connectivity index (χ1) is 15.9. The van der Waals surface area contributed by atoms with Gasteiger partial charge in [-0.05, 0) is 38.5 Å². The highest BCUT2D eigenvalue weighted by Gasteiger charge is 2.42. The molecule has 2 aromatic rings. The standard InChI is InChI=1S/C18H4B3ClF8INO2S.CH4/c19-18(20,21)32(11-2-1-10(23)12(22)13(11)24)15(33)34-14-7(3-4-35-31)5-8(16(25,26)27)6-9(14)17(28,29)30;/h1-2,5-6H;1H4. The van der Waals surface area contributed by atoms with Crippen LogP contribution in [-0.4, -0.2) is 34.9 Å². The third kappa shape index (κ3) is 7.41. The van der Waals surface area contributed by atoms with Crippen molar-refractivity contribution in [2.45, 2.75) is 25.0 Å². The quantitative estimate of drug-likeness (QED) is 0.119. The Hall–Kier alpha value is -1.73. The molecule has 0 spiro atoms. The van der Waals surface area contributed by atoms with E-state index in [-0.39, 0.29) is 24.5 Å². The van der Waals surface area contributed by atoms with Crippen LogP contribution in [0.2, 0.25) is 5.02 Å². The largest absolute Gasteiger partial charge is 0.420 e. The molecule has 2 aromatic carbocycles. The fourth-order valence-corrected chi connectivity index (χ4v) is 3.21. The van der Waals surface area contributed by atoms with Crippen LogP contribution < -0.4 is 9.64 Å². The maximum atomic E-state index is 14.5. The van der Waals surface area contributed by atoms with Crippen LogP contribution in [0.15, 0.2) is 24.3 Å². The molecule has 186 valence electrons. The monoisotopic (exact) mass is 661 g/mol. The van der Waals surface area contributed by atoms with E-state index in [0.29, 0.717) is 21.1 Å². The summed E-state index contributed by atoms with van der Waals surface area (Å²) in [6, 6.07) is 1.02. The summed E-state index contributed by atoms with van der Waals surface area (Å²) in [4.78, 5) is 12.7. The van der Waals surface area contributed by atoms with Gasteiger partial charge in [-0.2, -0.15) is 26.3 Å². The summed E-state index contributed by atoms with van der Waals surface area (Å²) in [5, 5.41) is -1.85. The molecule has 0 aliphatic rings. The zero-order chi connectivity index (χ0) is 26.9. The first-order valence-electron chi connectivity index (χ1n) is 8.52. The minimum Gasteiger partial charge on any atom is -0.408 e. The molecule has 3 nitrogen and oxygen atoms in total. The highest BCUT2D eigenvalue weighted by molar-refractivity contribution is 14.2. The molecule has 0 heterocycles. The lowest BCUT2D eigenvalue weighted by molar-refractivity contribution is -0.143. The van der Waals surface area contributed by atoms with Gasteiger partial charge in [0.05, 0.1) is 40.4 Å². The number of amides is 1. The summed E-state index contributed by atoms with van der Waals surface area (Å²) < 4.78 is 113. The van der Waals surface area contributed by atoms with E-state index in [1.807, 2.05) is 5.92 Å². The van der Waals surface area contributed by atoms with Crippen LogP contribution in [0.25, 0.3) is 0 Å². The van der Waals surface area contributed by atoms with E-state index < -0.39 is 68.5 Å². The van der Waals surface area contributed by atoms with Gasteiger partial charge in [-0.15, -0.1) is 0 Å². The molecule has 17 heteroatoms. The fraction of sp³-hybridized carbons (Fsp3) is 0.211. The number of anilines is 1. The van der Waals surface area contributed by atoms with Crippen molar-refractivity contribution >= 4 is 77.1 Å². The molecule has 0 N–H and O–H groups in total.